The molecule has 1 amide bonds. The Morgan fingerprint density at radius 1 is 0.952 bits per heavy atom. The van der Waals surface area contributed by atoms with E-state index < -0.39 is 18.4 Å². The van der Waals surface area contributed by atoms with Crippen LogP contribution in [0.15, 0.2) is 18.2 Å². The molecular formula is C17H24NO3-. The Kier molecular flexibility index (Phi) is 4.82. The van der Waals surface area contributed by atoms with Gasteiger partial charge in [0.1, 0.15) is 0 Å². The number of amides is 1. The molecule has 21 heavy (non-hydrogen) atoms. The first-order valence-corrected chi connectivity index (χ1v) is 7.05. The van der Waals surface area contributed by atoms with Crippen LogP contribution in [-0.4, -0.2) is 18.4 Å². The lowest BCUT2D eigenvalue weighted by molar-refractivity contribution is -0.303. The van der Waals surface area contributed by atoms with Gasteiger partial charge in [-0.25, -0.2) is 0 Å². The number of benzene rings is 1. The van der Waals surface area contributed by atoms with Crippen molar-refractivity contribution in [3.8, 4) is 0 Å². The number of carboxylic acid groups (broad SMARTS) is 1. The summed E-state index contributed by atoms with van der Waals surface area (Å²) in [5.74, 6) is -1.69. The molecule has 4 heteroatoms. The van der Waals surface area contributed by atoms with Crippen molar-refractivity contribution in [3.05, 3.63) is 34.9 Å². The number of hydrogen-bond acceptors (Lipinski definition) is 3. The third-order valence-corrected chi connectivity index (χ3v) is 3.32. The summed E-state index contributed by atoms with van der Waals surface area (Å²) in [6.07, 6.45) is 0. The first-order chi connectivity index (χ1) is 9.41. The van der Waals surface area contributed by atoms with E-state index in [9.17, 15) is 14.7 Å². The molecule has 116 valence electrons. The summed E-state index contributed by atoms with van der Waals surface area (Å²) < 4.78 is 0. The highest BCUT2D eigenvalue weighted by Gasteiger charge is 2.22. The summed E-state index contributed by atoms with van der Waals surface area (Å²) >= 11 is 0. The lowest BCUT2D eigenvalue weighted by atomic mass is 9.79. The predicted molar refractivity (Wildman–Crippen MR) is 81.2 cm³/mol. The number of carbonyl (C=O) groups is 2. The Labute approximate surface area is 126 Å². The minimum absolute atomic E-state index is 0.0926. The van der Waals surface area contributed by atoms with E-state index in [1.165, 1.54) is 0 Å². The molecule has 1 aromatic carbocycles. The van der Waals surface area contributed by atoms with Gasteiger partial charge in [-0.1, -0.05) is 47.6 Å². The number of hydrogen-bond donors (Lipinski definition) is 1. The summed E-state index contributed by atoms with van der Waals surface area (Å²) in [4.78, 5) is 22.6. The second kappa shape index (κ2) is 5.88. The van der Waals surface area contributed by atoms with E-state index in [1.54, 1.807) is 0 Å². The molecule has 0 atom stereocenters. The molecule has 0 bridgehead atoms. The van der Waals surface area contributed by atoms with Crippen molar-refractivity contribution in [1.29, 1.82) is 0 Å². The molecule has 0 aliphatic heterocycles. The molecule has 4 nitrogen and oxygen atoms in total. The molecule has 0 heterocycles. The van der Waals surface area contributed by atoms with Gasteiger partial charge in [0.15, 0.2) is 0 Å². The molecule has 0 radical (unpaired) electrons. The Bertz CT molecular complexity index is 516. The van der Waals surface area contributed by atoms with Crippen molar-refractivity contribution in [3.63, 3.8) is 0 Å². The van der Waals surface area contributed by atoms with Crippen LogP contribution >= 0.6 is 0 Å². The molecule has 0 fully saturated rings. The third-order valence-electron chi connectivity index (χ3n) is 3.32. The largest absolute Gasteiger partial charge is 0.548 e. The molecule has 1 N–H and O–H groups in total. The fourth-order valence-corrected chi connectivity index (χ4v) is 1.88. The summed E-state index contributed by atoms with van der Waals surface area (Å²) in [5, 5.41) is 12.8. The van der Waals surface area contributed by atoms with Crippen molar-refractivity contribution in [2.45, 2.75) is 52.4 Å². The Hall–Kier alpha value is -1.84. The fourth-order valence-electron chi connectivity index (χ4n) is 1.88. The highest BCUT2D eigenvalue weighted by atomic mass is 16.4. The minimum Gasteiger partial charge on any atom is -0.548 e. The van der Waals surface area contributed by atoms with Crippen LogP contribution in [0.1, 0.15) is 63.0 Å². The van der Waals surface area contributed by atoms with E-state index in [2.05, 4.69) is 52.9 Å². The van der Waals surface area contributed by atoms with Crippen LogP contribution in [0.2, 0.25) is 0 Å². The van der Waals surface area contributed by atoms with E-state index in [0.29, 0.717) is 5.56 Å². The fraction of sp³-hybridized carbons (Fsp3) is 0.529. The zero-order valence-corrected chi connectivity index (χ0v) is 13.7. The molecule has 1 rings (SSSR count). The maximum Gasteiger partial charge on any atom is 0.251 e. The molecule has 0 spiro atoms. The standard InChI is InChI=1S/C17H25NO3/c1-16(2,3)12-7-11(15(21)18-10-14(19)20)8-13(9-12)17(4,5)6/h7-9H,10H2,1-6H3,(H,18,21)(H,19,20)/p-1. The van der Waals surface area contributed by atoms with E-state index in [4.69, 9.17) is 0 Å². The summed E-state index contributed by atoms with van der Waals surface area (Å²) in [7, 11) is 0. The van der Waals surface area contributed by atoms with Crippen molar-refractivity contribution in [1.82, 2.24) is 5.32 Å². The van der Waals surface area contributed by atoms with Gasteiger partial charge in [0, 0.05) is 5.56 Å². The first kappa shape index (κ1) is 17.2. The van der Waals surface area contributed by atoms with Gasteiger partial charge in [-0.3, -0.25) is 4.79 Å². The highest BCUT2D eigenvalue weighted by Crippen LogP contribution is 2.30. The Balaban J connectivity index is 3.26. The second-order valence-corrected chi connectivity index (χ2v) is 7.35. The molecule has 0 saturated carbocycles. The smallest absolute Gasteiger partial charge is 0.251 e. The Morgan fingerprint density at radius 2 is 1.38 bits per heavy atom. The predicted octanol–water partition coefficient (Wildman–Crippen LogP) is 1.76. The van der Waals surface area contributed by atoms with Crippen LogP contribution in [-0.2, 0) is 15.6 Å². The number of carboxylic acids is 1. The van der Waals surface area contributed by atoms with Crippen LogP contribution in [0, 0.1) is 0 Å². The highest BCUT2D eigenvalue weighted by molar-refractivity contribution is 5.96. The SMILES string of the molecule is CC(C)(C)c1cc(C(=O)NCC(=O)[O-])cc(C(C)(C)C)c1. The van der Waals surface area contributed by atoms with Gasteiger partial charge in [0.25, 0.3) is 5.91 Å². The maximum atomic E-state index is 12.1. The molecule has 0 saturated heterocycles. The van der Waals surface area contributed by atoms with E-state index in [1.807, 2.05) is 12.1 Å². The molecular weight excluding hydrogens is 266 g/mol. The van der Waals surface area contributed by atoms with E-state index >= 15 is 0 Å². The van der Waals surface area contributed by atoms with Crippen LogP contribution < -0.4 is 10.4 Å². The monoisotopic (exact) mass is 290 g/mol. The van der Waals surface area contributed by atoms with Crippen LogP contribution in [0.3, 0.4) is 0 Å². The van der Waals surface area contributed by atoms with Crippen molar-refractivity contribution in [2.24, 2.45) is 0 Å². The van der Waals surface area contributed by atoms with Crippen molar-refractivity contribution < 1.29 is 14.7 Å². The second-order valence-electron chi connectivity index (χ2n) is 7.35. The summed E-state index contributed by atoms with van der Waals surface area (Å²) in [5.41, 5.74) is 2.39. The Morgan fingerprint density at radius 3 is 1.71 bits per heavy atom. The van der Waals surface area contributed by atoms with Gasteiger partial charge in [0.05, 0.1) is 12.5 Å². The third kappa shape index (κ3) is 4.88. The quantitative estimate of drug-likeness (QED) is 0.922. The molecule has 1 aromatic rings. The zero-order chi connectivity index (χ0) is 16.4. The van der Waals surface area contributed by atoms with Gasteiger partial charge < -0.3 is 15.2 Å². The first-order valence-electron chi connectivity index (χ1n) is 7.05. The van der Waals surface area contributed by atoms with Gasteiger partial charge >= 0.3 is 0 Å². The van der Waals surface area contributed by atoms with Gasteiger partial charge in [-0.2, -0.15) is 0 Å². The van der Waals surface area contributed by atoms with Gasteiger partial charge in [0.2, 0.25) is 0 Å². The lowest BCUT2D eigenvalue weighted by Crippen LogP contribution is -2.37. The number of nitrogens with one attached hydrogen (secondary N) is 1. The lowest BCUT2D eigenvalue weighted by Gasteiger charge is -2.26. The van der Waals surface area contributed by atoms with Crippen LogP contribution in [0.4, 0.5) is 0 Å². The molecule has 0 aliphatic rings. The maximum absolute atomic E-state index is 12.1. The number of rotatable bonds is 3. The number of carbonyl (C=O) groups excluding carboxylic acids is 2. The average molecular weight is 290 g/mol. The zero-order valence-electron chi connectivity index (χ0n) is 13.7. The topological polar surface area (TPSA) is 69.2 Å². The molecule has 0 aromatic heterocycles. The van der Waals surface area contributed by atoms with Crippen LogP contribution in [0.25, 0.3) is 0 Å². The molecule has 0 aliphatic carbocycles. The van der Waals surface area contributed by atoms with Gasteiger partial charge in [-0.05, 0) is 34.1 Å². The van der Waals surface area contributed by atoms with Crippen LogP contribution in [0.5, 0.6) is 0 Å². The van der Waals surface area contributed by atoms with Gasteiger partial charge in [-0.15, -0.1) is 0 Å². The summed E-state index contributed by atoms with van der Waals surface area (Å²) in [6, 6.07) is 5.75. The molecule has 0 unspecified atom stereocenters. The minimum atomic E-state index is -1.30. The summed E-state index contributed by atoms with van der Waals surface area (Å²) in [6.45, 7) is 12.0. The van der Waals surface area contributed by atoms with Crippen molar-refractivity contribution >= 4 is 11.9 Å². The average Bonchev–Trinajstić information content (AvgIpc) is 2.33. The van der Waals surface area contributed by atoms with E-state index in [0.717, 1.165) is 11.1 Å². The number of aliphatic carboxylic acids is 1. The van der Waals surface area contributed by atoms with Crippen molar-refractivity contribution in [2.75, 3.05) is 6.54 Å². The normalized spacial score (nSPS) is 12.1. The van der Waals surface area contributed by atoms with E-state index in [-0.39, 0.29) is 10.8 Å².